The van der Waals surface area contributed by atoms with Gasteiger partial charge in [0.15, 0.2) is 0 Å². The Morgan fingerprint density at radius 2 is 1.92 bits per heavy atom. The van der Waals surface area contributed by atoms with Gasteiger partial charge in [-0.25, -0.2) is 16.8 Å². The third-order valence-corrected chi connectivity index (χ3v) is 8.12. The lowest BCUT2D eigenvalue weighted by molar-refractivity contribution is 0.597. The predicted molar refractivity (Wildman–Crippen MR) is 96.8 cm³/mol. The topological polar surface area (TPSA) is 83.6 Å². The van der Waals surface area contributed by atoms with Crippen LogP contribution in [0.3, 0.4) is 0 Å². The molecule has 0 spiro atoms. The molecule has 9 heteroatoms. The van der Waals surface area contributed by atoms with Gasteiger partial charge in [-0.2, -0.15) is 0 Å². The first-order chi connectivity index (χ1) is 11.2. The molecular formula is C15H18N2O4S3. The summed E-state index contributed by atoms with van der Waals surface area (Å²) < 4.78 is 52.6. The second-order valence-corrected chi connectivity index (χ2v) is 10.6. The van der Waals surface area contributed by atoms with Crippen molar-refractivity contribution in [1.82, 2.24) is 0 Å². The molecule has 3 rings (SSSR count). The van der Waals surface area contributed by atoms with E-state index in [0.29, 0.717) is 24.3 Å². The fourth-order valence-corrected chi connectivity index (χ4v) is 5.98. The van der Waals surface area contributed by atoms with Gasteiger partial charge in [0.05, 0.1) is 11.9 Å². The lowest BCUT2D eigenvalue weighted by Gasteiger charge is -2.16. The zero-order valence-electron chi connectivity index (χ0n) is 13.3. The van der Waals surface area contributed by atoms with Gasteiger partial charge in [0.2, 0.25) is 10.0 Å². The molecule has 0 atom stereocenters. The molecule has 0 saturated heterocycles. The van der Waals surface area contributed by atoms with Crippen molar-refractivity contribution in [2.24, 2.45) is 0 Å². The fraction of sp³-hybridized carbons (Fsp3) is 0.333. The van der Waals surface area contributed by atoms with E-state index >= 15 is 0 Å². The van der Waals surface area contributed by atoms with E-state index in [1.165, 1.54) is 21.9 Å². The van der Waals surface area contributed by atoms with E-state index in [1.807, 2.05) is 13.0 Å². The highest BCUT2D eigenvalue weighted by molar-refractivity contribution is 7.94. The number of hydrogen-bond donors (Lipinski definition) is 1. The third-order valence-electron chi connectivity index (χ3n) is 3.84. The molecule has 0 bridgehead atoms. The molecule has 0 aliphatic carbocycles. The highest BCUT2D eigenvalue weighted by atomic mass is 32.2. The van der Waals surface area contributed by atoms with Crippen molar-refractivity contribution in [2.75, 3.05) is 21.8 Å². The van der Waals surface area contributed by atoms with Gasteiger partial charge in [-0.3, -0.25) is 9.03 Å². The molecule has 1 aliphatic rings. The minimum absolute atomic E-state index is 0.276. The molecule has 1 aliphatic heterocycles. The van der Waals surface area contributed by atoms with Crippen LogP contribution in [0, 0.1) is 0 Å². The summed E-state index contributed by atoms with van der Waals surface area (Å²) in [6.07, 6.45) is 2.53. The Morgan fingerprint density at radius 1 is 1.17 bits per heavy atom. The Labute approximate surface area is 146 Å². The molecule has 1 aromatic heterocycles. The Balaban J connectivity index is 1.87. The number of fused-ring (bicyclic) bond motifs is 1. The highest BCUT2D eigenvalue weighted by Gasteiger charge is 2.26. The summed E-state index contributed by atoms with van der Waals surface area (Å²) in [4.78, 5) is 1.01. The Hall–Kier alpha value is -1.58. The van der Waals surface area contributed by atoms with E-state index < -0.39 is 20.0 Å². The Morgan fingerprint density at radius 3 is 2.54 bits per heavy atom. The molecule has 24 heavy (non-hydrogen) atoms. The van der Waals surface area contributed by atoms with Gasteiger partial charge >= 0.3 is 0 Å². The number of benzene rings is 1. The van der Waals surface area contributed by atoms with Crippen molar-refractivity contribution in [3.63, 3.8) is 0 Å². The molecule has 0 saturated carbocycles. The van der Waals surface area contributed by atoms with Gasteiger partial charge in [-0.15, -0.1) is 11.3 Å². The number of aryl methyl sites for hydroxylation is 1. The maximum atomic E-state index is 12.4. The van der Waals surface area contributed by atoms with Gasteiger partial charge in [0.1, 0.15) is 4.21 Å². The molecule has 1 N–H and O–H groups in total. The smallest absolute Gasteiger partial charge is 0.271 e. The number of anilines is 2. The quantitative estimate of drug-likeness (QED) is 0.855. The number of nitrogens with zero attached hydrogens (tertiary/aromatic N) is 1. The Kier molecular flexibility index (Phi) is 4.35. The number of thiophene rings is 1. The van der Waals surface area contributed by atoms with E-state index in [9.17, 15) is 16.8 Å². The van der Waals surface area contributed by atoms with Crippen LogP contribution < -0.4 is 9.03 Å². The van der Waals surface area contributed by atoms with Crippen LogP contribution >= 0.6 is 11.3 Å². The number of sulfonamides is 2. The standard InChI is InChI=1S/C15H18N2O4S3/c1-3-13-5-7-15(22-13)24(20,21)16-12-4-6-14-11(10-12)8-9-17(14)23(2,18)19/h4-7,10,16H,3,8-9H2,1-2H3. The highest BCUT2D eigenvalue weighted by Crippen LogP contribution is 2.33. The van der Waals surface area contributed by atoms with Gasteiger partial charge in [-0.1, -0.05) is 6.92 Å². The van der Waals surface area contributed by atoms with Gasteiger partial charge in [0.25, 0.3) is 10.0 Å². The number of hydrogen-bond acceptors (Lipinski definition) is 5. The van der Waals surface area contributed by atoms with Crippen molar-refractivity contribution >= 4 is 42.8 Å². The third kappa shape index (κ3) is 3.28. The van der Waals surface area contributed by atoms with Crippen molar-refractivity contribution in [1.29, 1.82) is 0 Å². The molecular weight excluding hydrogens is 368 g/mol. The molecule has 0 radical (unpaired) electrons. The first kappa shape index (κ1) is 17.2. The summed E-state index contributed by atoms with van der Waals surface area (Å²) in [6.45, 7) is 2.36. The van der Waals surface area contributed by atoms with Crippen molar-refractivity contribution in [2.45, 2.75) is 24.0 Å². The average Bonchev–Trinajstić information content (AvgIpc) is 3.12. The summed E-state index contributed by atoms with van der Waals surface area (Å²) >= 11 is 1.25. The molecule has 1 aromatic carbocycles. The van der Waals surface area contributed by atoms with Crippen LogP contribution in [0.5, 0.6) is 0 Å². The molecule has 130 valence electrons. The van der Waals surface area contributed by atoms with Crippen molar-refractivity contribution < 1.29 is 16.8 Å². The van der Waals surface area contributed by atoms with Gasteiger partial charge in [-0.05, 0) is 48.7 Å². The zero-order chi connectivity index (χ0) is 17.5. The van der Waals surface area contributed by atoms with E-state index in [0.717, 1.165) is 16.9 Å². The summed E-state index contributed by atoms with van der Waals surface area (Å²) in [6, 6.07) is 8.35. The minimum Gasteiger partial charge on any atom is -0.279 e. The summed E-state index contributed by atoms with van der Waals surface area (Å²) in [7, 11) is -6.94. The molecule has 0 amide bonds. The average molecular weight is 387 g/mol. The second-order valence-electron chi connectivity index (χ2n) is 5.61. The molecule has 6 nitrogen and oxygen atoms in total. The largest absolute Gasteiger partial charge is 0.279 e. The monoisotopic (exact) mass is 386 g/mol. The van der Waals surface area contributed by atoms with Crippen molar-refractivity contribution in [3.8, 4) is 0 Å². The summed E-state index contributed by atoms with van der Waals surface area (Å²) in [5.74, 6) is 0. The van der Waals surface area contributed by atoms with E-state index in [2.05, 4.69) is 4.72 Å². The van der Waals surface area contributed by atoms with Crippen LogP contribution in [0.1, 0.15) is 17.4 Å². The fourth-order valence-electron chi connectivity index (χ4n) is 2.68. The lowest BCUT2D eigenvalue weighted by atomic mass is 10.1. The van der Waals surface area contributed by atoms with Crippen LogP contribution in [0.2, 0.25) is 0 Å². The SMILES string of the molecule is CCc1ccc(S(=O)(=O)Nc2ccc3c(c2)CCN3S(C)(=O)=O)s1. The minimum atomic E-state index is -3.63. The molecule has 0 fully saturated rings. The normalized spacial score (nSPS) is 14.7. The molecule has 2 heterocycles. The number of nitrogens with one attached hydrogen (secondary N) is 1. The van der Waals surface area contributed by atoms with E-state index in [1.54, 1.807) is 24.3 Å². The van der Waals surface area contributed by atoms with Crippen LogP contribution in [0.25, 0.3) is 0 Å². The van der Waals surface area contributed by atoms with E-state index in [-0.39, 0.29) is 4.21 Å². The first-order valence-corrected chi connectivity index (χ1v) is 11.6. The molecule has 2 aromatic rings. The van der Waals surface area contributed by atoms with Crippen molar-refractivity contribution in [3.05, 3.63) is 40.8 Å². The number of rotatable bonds is 5. The summed E-state index contributed by atoms with van der Waals surface area (Å²) in [5, 5.41) is 0. The maximum Gasteiger partial charge on any atom is 0.271 e. The van der Waals surface area contributed by atoms with Gasteiger partial charge in [0, 0.05) is 17.1 Å². The van der Waals surface area contributed by atoms with Crippen LogP contribution in [0.15, 0.2) is 34.5 Å². The van der Waals surface area contributed by atoms with Crippen LogP contribution in [-0.4, -0.2) is 29.6 Å². The molecule has 0 unspecified atom stereocenters. The maximum absolute atomic E-state index is 12.4. The lowest BCUT2D eigenvalue weighted by Crippen LogP contribution is -2.27. The zero-order valence-corrected chi connectivity index (χ0v) is 15.8. The van der Waals surface area contributed by atoms with Crippen LogP contribution in [-0.2, 0) is 32.9 Å². The van der Waals surface area contributed by atoms with Crippen LogP contribution in [0.4, 0.5) is 11.4 Å². The first-order valence-electron chi connectivity index (χ1n) is 7.43. The summed E-state index contributed by atoms with van der Waals surface area (Å²) in [5.41, 5.74) is 1.88. The van der Waals surface area contributed by atoms with Gasteiger partial charge < -0.3 is 0 Å². The van der Waals surface area contributed by atoms with E-state index in [4.69, 9.17) is 0 Å². The Bertz CT molecular complexity index is 978. The second kappa shape index (κ2) is 6.05. The predicted octanol–water partition coefficient (Wildman–Crippen LogP) is 2.43.